The molecule has 1 N–H and O–H groups in total. The Bertz CT molecular complexity index is 1200. The summed E-state index contributed by atoms with van der Waals surface area (Å²) in [4.78, 5) is 8.92. The fourth-order valence-corrected chi connectivity index (χ4v) is 3.91. The standard InChI is InChI=1S/C20H18N4O2S/c1-2-17-14-24-13-15(8-9-20(24)22-17)16-10-18(12-21-11-16)23-27(25,26)19-6-4-3-5-7-19/h3-14,23H,2H2,1H3. The maximum Gasteiger partial charge on any atom is 0.261 e. The Balaban J connectivity index is 1.66. The third kappa shape index (κ3) is 3.54. The summed E-state index contributed by atoms with van der Waals surface area (Å²) in [7, 11) is -3.65. The summed E-state index contributed by atoms with van der Waals surface area (Å²) in [6.07, 6.45) is 8.03. The van der Waals surface area contributed by atoms with Gasteiger partial charge in [-0.1, -0.05) is 25.1 Å². The predicted octanol–water partition coefficient (Wildman–Crippen LogP) is 3.76. The van der Waals surface area contributed by atoms with Gasteiger partial charge >= 0.3 is 0 Å². The van der Waals surface area contributed by atoms with Gasteiger partial charge in [-0.15, -0.1) is 0 Å². The van der Waals surface area contributed by atoms with Gasteiger partial charge in [0.05, 0.1) is 22.5 Å². The van der Waals surface area contributed by atoms with Crippen molar-refractivity contribution in [1.82, 2.24) is 14.4 Å². The molecule has 3 heterocycles. The van der Waals surface area contributed by atoms with Gasteiger partial charge in [0.15, 0.2) is 0 Å². The first-order valence-corrected chi connectivity index (χ1v) is 10.0. The molecule has 0 amide bonds. The minimum atomic E-state index is -3.65. The van der Waals surface area contributed by atoms with E-state index in [4.69, 9.17) is 0 Å². The molecule has 0 saturated carbocycles. The number of rotatable bonds is 5. The number of nitrogens with zero attached hydrogens (tertiary/aromatic N) is 3. The maximum atomic E-state index is 12.5. The fraction of sp³-hybridized carbons (Fsp3) is 0.100. The van der Waals surface area contributed by atoms with E-state index < -0.39 is 10.0 Å². The number of aryl methyl sites for hydroxylation is 1. The molecule has 0 radical (unpaired) electrons. The molecule has 6 nitrogen and oxygen atoms in total. The van der Waals surface area contributed by atoms with Crippen LogP contribution in [-0.4, -0.2) is 22.8 Å². The number of nitrogens with one attached hydrogen (secondary N) is 1. The highest BCUT2D eigenvalue weighted by Gasteiger charge is 2.14. The molecule has 1 aromatic carbocycles. The highest BCUT2D eigenvalue weighted by atomic mass is 32.2. The second-order valence-corrected chi connectivity index (χ2v) is 7.83. The first-order valence-electron chi connectivity index (χ1n) is 8.56. The normalized spacial score (nSPS) is 11.6. The number of sulfonamides is 1. The molecule has 3 aromatic heterocycles. The predicted molar refractivity (Wildman–Crippen MR) is 105 cm³/mol. The van der Waals surface area contributed by atoms with E-state index in [9.17, 15) is 8.42 Å². The smallest absolute Gasteiger partial charge is 0.261 e. The van der Waals surface area contributed by atoms with E-state index >= 15 is 0 Å². The van der Waals surface area contributed by atoms with Crippen LogP contribution in [0, 0.1) is 0 Å². The van der Waals surface area contributed by atoms with Gasteiger partial charge in [-0.25, -0.2) is 13.4 Å². The van der Waals surface area contributed by atoms with Crippen molar-refractivity contribution in [2.24, 2.45) is 0 Å². The van der Waals surface area contributed by atoms with Crippen LogP contribution in [0.2, 0.25) is 0 Å². The molecule has 0 saturated heterocycles. The molecule has 4 aromatic rings. The van der Waals surface area contributed by atoms with Crippen molar-refractivity contribution in [2.75, 3.05) is 4.72 Å². The van der Waals surface area contributed by atoms with Crippen LogP contribution < -0.4 is 4.72 Å². The SMILES string of the molecule is CCc1cn2cc(-c3cncc(NS(=O)(=O)c4ccccc4)c3)ccc2n1. The lowest BCUT2D eigenvalue weighted by atomic mass is 10.1. The molecule has 27 heavy (non-hydrogen) atoms. The molecular formula is C20H18N4O2S. The molecule has 0 unspecified atom stereocenters. The Morgan fingerprint density at radius 1 is 1.00 bits per heavy atom. The van der Waals surface area contributed by atoms with Crippen LogP contribution in [0.4, 0.5) is 5.69 Å². The molecule has 0 atom stereocenters. The number of aromatic nitrogens is 3. The van der Waals surface area contributed by atoms with Crippen LogP contribution in [-0.2, 0) is 16.4 Å². The fourth-order valence-electron chi connectivity index (χ4n) is 2.85. The van der Waals surface area contributed by atoms with E-state index in [2.05, 4.69) is 21.6 Å². The van der Waals surface area contributed by atoms with Crippen molar-refractivity contribution < 1.29 is 8.42 Å². The van der Waals surface area contributed by atoms with Crippen molar-refractivity contribution >= 4 is 21.4 Å². The second kappa shape index (κ2) is 6.85. The third-order valence-corrected chi connectivity index (χ3v) is 5.64. The summed E-state index contributed by atoms with van der Waals surface area (Å²) >= 11 is 0. The summed E-state index contributed by atoms with van der Waals surface area (Å²) in [5.74, 6) is 0. The molecule has 0 bridgehead atoms. The largest absolute Gasteiger partial charge is 0.306 e. The van der Waals surface area contributed by atoms with Gasteiger partial charge in [-0.3, -0.25) is 9.71 Å². The number of pyridine rings is 2. The van der Waals surface area contributed by atoms with Crippen LogP contribution >= 0.6 is 0 Å². The number of benzene rings is 1. The Kier molecular flexibility index (Phi) is 4.37. The number of anilines is 1. The lowest BCUT2D eigenvalue weighted by Crippen LogP contribution is -2.12. The van der Waals surface area contributed by atoms with Crippen LogP contribution in [0.5, 0.6) is 0 Å². The van der Waals surface area contributed by atoms with Crippen molar-refractivity contribution in [2.45, 2.75) is 18.2 Å². The molecule has 7 heteroatoms. The zero-order chi connectivity index (χ0) is 18.9. The highest BCUT2D eigenvalue weighted by Crippen LogP contribution is 2.24. The quantitative estimate of drug-likeness (QED) is 0.574. The summed E-state index contributed by atoms with van der Waals surface area (Å²) in [5, 5.41) is 0. The Hall–Kier alpha value is -3.19. The average Bonchev–Trinajstić information content (AvgIpc) is 3.11. The number of imidazole rings is 1. The topological polar surface area (TPSA) is 76.4 Å². The van der Waals surface area contributed by atoms with Gasteiger partial charge in [0.2, 0.25) is 0 Å². The molecule has 0 aliphatic heterocycles. The van der Waals surface area contributed by atoms with Crippen LogP contribution in [0.3, 0.4) is 0 Å². The van der Waals surface area contributed by atoms with Crippen molar-refractivity contribution in [3.8, 4) is 11.1 Å². The molecule has 0 spiro atoms. The van der Waals surface area contributed by atoms with Gasteiger partial charge in [0.1, 0.15) is 5.65 Å². The molecule has 4 rings (SSSR count). The first-order chi connectivity index (χ1) is 13.0. The number of hydrogen-bond acceptors (Lipinski definition) is 4. The number of hydrogen-bond donors (Lipinski definition) is 1. The van der Waals surface area contributed by atoms with Gasteiger partial charge < -0.3 is 4.40 Å². The van der Waals surface area contributed by atoms with Crippen LogP contribution in [0.1, 0.15) is 12.6 Å². The van der Waals surface area contributed by atoms with E-state index in [1.807, 2.05) is 28.9 Å². The summed E-state index contributed by atoms with van der Waals surface area (Å²) in [5.41, 5.74) is 4.06. The van der Waals surface area contributed by atoms with E-state index in [1.165, 1.54) is 6.20 Å². The lowest BCUT2D eigenvalue weighted by Gasteiger charge is -2.09. The van der Waals surface area contributed by atoms with E-state index in [1.54, 1.807) is 42.6 Å². The molecular weight excluding hydrogens is 360 g/mol. The zero-order valence-electron chi connectivity index (χ0n) is 14.7. The minimum Gasteiger partial charge on any atom is -0.306 e. The van der Waals surface area contributed by atoms with Gasteiger partial charge in [-0.05, 0) is 36.8 Å². The summed E-state index contributed by atoms with van der Waals surface area (Å²) in [6, 6.07) is 13.9. The first kappa shape index (κ1) is 17.2. The van der Waals surface area contributed by atoms with Gasteiger partial charge in [0, 0.05) is 29.7 Å². The number of fused-ring (bicyclic) bond motifs is 1. The van der Waals surface area contributed by atoms with E-state index in [0.29, 0.717) is 5.69 Å². The zero-order valence-corrected chi connectivity index (χ0v) is 15.5. The summed E-state index contributed by atoms with van der Waals surface area (Å²) in [6.45, 7) is 2.06. The molecule has 136 valence electrons. The van der Waals surface area contributed by atoms with Crippen molar-refractivity contribution in [3.05, 3.63) is 79.0 Å². The maximum absolute atomic E-state index is 12.5. The minimum absolute atomic E-state index is 0.210. The van der Waals surface area contributed by atoms with E-state index in [-0.39, 0.29) is 4.90 Å². The highest BCUT2D eigenvalue weighted by molar-refractivity contribution is 7.92. The lowest BCUT2D eigenvalue weighted by molar-refractivity contribution is 0.601. The Morgan fingerprint density at radius 3 is 2.59 bits per heavy atom. The Labute approximate surface area is 157 Å². The second-order valence-electron chi connectivity index (χ2n) is 6.15. The molecule has 0 fully saturated rings. The van der Waals surface area contributed by atoms with Crippen LogP contribution in [0.25, 0.3) is 16.8 Å². The van der Waals surface area contributed by atoms with Gasteiger partial charge in [-0.2, -0.15) is 0 Å². The molecule has 0 aliphatic carbocycles. The van der Waals surface area contributed by atoms with Crippen LogP contribution in [0.15, 0.2) is 78.2 Å². The van der Waals surface area contributed by atoms with Crippen molar-refractivity contribution in [3.63, 3.8) is 0 Å². The average molecular weight is 378 g/mol. The third-order valence-electron chi connectivity index (χ3n) is 4.24. The molecule has 0 aliphatic rings. The van der Waals surface area contributed by atoms with E-state index in [0.717, 1.165) is 28.9 Å². The van der Waals surface area contributed by atoms with Crippen molar-refractivity contribution in [1.29, 1.82) is 0 Å². The monoisotopic (exact) mass is 378 g/mol. The Morgan fingerprint density at radius 2 is 1.81 bits per heavy atom. The van der Waals surface area contributed by atoms with Gasteiger partial charge in [0.25, 0.3) is 10.0 Å². The summed E-state index contributed by atoms with van der Waals surface area (Å²) < 4.78 is 29.6.